The zero-order valence-corrected chi connectivity index (χ0v) is 15.0. The highest BCUT2D eigenvalue weighted by atomic mass is 32.2. The number of carbonyl (C=O) groups is 1. The molecule has 1 amide bonds. The van der Waals surface area contributed by atoms with Crippen LogP contribution in [0.2, 0.25) is 0 Å². The van der Waals surface area contributed by atoms with Crippen molar-refractivity contribution in [2.75, 3.05) is 5.32 Å². The Morgan fingerprint density at radius 3 is 2.26 bits per heavy atom. The second kappa shape index (κ2) is 8.11. The highest BCUT2D eigenvalue weighted by molar-refractivity contribution is 7.89. The van der Waals surface area contributed by atoms with Crippen LogP contribution in [0.5, 0.6) is 0 Å². The van der Waals surface area contributed by atoms with Gasteiger partial charge in [0, 0.05) is 17.8 Å². The number of anilines is 1. The molecule has 0 atom stereocenters. The van der Waals surface area contributed by atoms with Crippen molar-refractivity contribution >= 4 is 21.6 Å². The van der Waals surface area contributed by atoms with Crippen LogP contribution in [0.1, 0.15) is 15.9 Å². The zero-order valence-electron chi connectivity index (χ0n) is 14.2. The van der Waals surface area contributed by atoms with Crippen LogP contribution in [-0.4, -0.2) is 14.3 Å². The molecule has 3 rings (SSSR count). The molecule has 0 unspecified atom stereocenters. The maximum atomic E-state index is 13.2. The van der Waals surface area contributed by atoms with Gasteiger partial charge in [0.15, 0.2) is 0 Å². The van der Waals surface area contributed by atoms with Gasteiger partial charge in [-0.25, -0.2) is 17.5 Å². The SMILES string of the molecule is O=C(Nc1cccc(F)c1)c1ccc(S(=O)(=O)NCc2ccccc2)cc1. The Balaban J connectivity index is 1.67. The number of hydrogen-bond acceptors (Lipinski definition) is 3. The molecule has 2 N–H and O–H groups in total. The molecule has 0 aliphatic carbocycles. The van der Waals surface area contributed by atoms with E-state index in [0.717, 1.165) is 5.56 Å². The Hall–Kier alpha value is -3.03. The molecule has 0 heterocycles. The molecule has 0 aliphatic rings. The van der Waals surface area contributed by atoms with Gasteiger partial charge in [0.25, 0.3) is 5.91 Å². The largest absolute Gasteiger partial charge is 0.322 e. The van der Waals surface area contributed by atoms with Gasteiger partial charge in [-0.2, -0.15) is 0 Å². The van der Waals surface area contributed by atoms with E-state index in [-0.39, 0.29) is 17.0 Å². The summed E-state index contributed by atoms with van der Waals surface area (Å²) < 4.78 is 40.4. The van der Waals surface area contributed by atoms with Crippen molar-refractivity contribution in [1.29, 1.82) is 0 Å². The zero-order chi connectivity index (χ0) is 19.3. The van der Waals surface area contributed by atoms with Crippen molar-refractivity contribution in [3.05, 3.63) is 95.8 Å². The quantitative estimate of drug-likeness (QED) is 0.682. The highest BCUT2D eigenvalue weighted by Gasteiger charge is 2.15. The van der Waals surface area contributed by atoms with Gasteiger partial charge >= 0.3 is 0 Å². The molecular formula is C20H17FN2O3S. The fourth-order valence-electron chi connectivity index (χ4n) is 2.41. The van der Waals surface area contributed by atoms with Crippen LogP contribution in [0.4, 0.5) is 10.1 Å². The minimum atomic E-state index is -3.70. The van der Waals surface area contributed by atoms with Crippen LogP contribution in [0.25, 0.3) is 0 Å². The smallest absolute Gasteiger partial charge is 0.255 e. The molecule has 7 heteroatoms. The summed E-state index contributed by atoms with van der Waals surface area (Å²) in [6, 6.07) is 20.2. The lowest BCUT2D eigenvalue weighted by atomic mass is 10.2. The number of hydrogen-bond donors (Lipinski definition) is 2. The predicted octanol–water partition coefficient (Wildman–Crippen LogP) is 3.56. The van der Waals surface area contributed by atoms with Gasteiger partial charge in [0.05, 0.1) is 4.90 Å². The summed E-state index contributed by atoms with van der Waals surface area (Å²) >= 11 is 0. The lowest BCUT2D eigenvalue weighted by Gasteiger charge is -2.08. The molecular weight excluding hydrogens is 367 g/mol. The van der Waals surface area contributed by atoms with Crippen molar-refractivity contribution in [2.45, 2.75) is 11.4 Å². The standard InChI is InChI=1S/C20H17FN2O3S/c21-17-7-4-8-18(13-17)23-20(24)16-9-11-19(12-10-16)27(25,26)22-14-15-5-2-1-3-6-15/h1-13,22H,14H2,(H,23,24). The number of amides is 1. The van der Waals surface area contributed by atoms with E-state index in [2.05, 4.69) is 10.0 Å². The number of rotatable bonds is 6. The third-order valence-corrected chi connectivity index (χ3v) is 5.24. The molecule has 5 nitrogen and oxygen atoms in total. The molecule has 0 spiro atoms. The van der Waals surface area contributed by atoms with Crippen molar-refractivity contribution < 1.29 is 17.6 Å². The van der Waals surface area contributed by atoms with Crippen LogP contribution in [0, 0.1) is 5.82 Å². The van der Waals surface area contributed by atoms with E-state index < -0.39 is 21.7 Å². The van der Waals surface area contributed by atoms with E-state index >= 15 is 0 Å². The fraction of sp³-hybridized carbons (Fsp3) is 0.0500. The number of carbonyl (C=O) groups excluding carboxylic acids is 1. The highest BCUT2D eigenvalue weighted by Crippen LogP contribution is 2.14. The van der Waals surface area contributed by atoms with Gasteiger partial charge in [0.2, 0.25) is 10.0 Å². The summed E-state index contributed by atoms with van der Waals surface area (Å²) in [5.74, 6) is -0.916. The third kappa shape index (κ3) is 4.99. The first kappa shape index (κ1) is 18.8. The third-order valence-electron chi connectivity index (χ3n) is 3.82. The second-order valence-electron chi connectivity index (χ2n) is 5.80. The van der Waals surface area contributed by atoms with Gasteiger partial charge in [-0.15, -0.1) is 0 Å². The molecule has 0 bridgehead atoms. The van der Waals surface area contributed by atoms with E-state index in [0.29, 0.717) is 5.69 Å². The fourth-order valence-corrected chi connectivity index (χ4v) is 3.43. The Morgan fingerprint density at radius 2 is 1.59 bits per heavy atom. The summed E-state index contributed by atoms with van der Waals surface area (Å²) in [6.07, 6.45) is 0. The number of benzene rings is 3. The average Bonchev–Trinajstić information content (AvgIpc) is 2.67. The van der Waals surface area contributed by atoms with E-state index in [1.807, 2.05) is 30.3 Å². The van der Waals surface area contributed by atoms with Crippen LogP contribution >= 0.6 is 0 Å². The summed E-state index contributed by atoms with van der Waals surface area (Å²) in [5.41, 5.74) is 1.43. The first-order valence-corrected chi connectivity index (χ1v) is 9.63. The summed E-state index contributed by atoms with van der Waals surface area (Å²) in [5, 5.41) is 2.56. The van der Waals surface area contributed by atoms with Gasteiger partial charge in [-0.05, 0) is 48.0 Å². The van der Waals surface area contributed by atoms with Gasteiger partial charge in [0.1, 0.15) is 5.82 Å². The minimum absolute atomic E-state index is 0.0562. The Kier molecular flexibility index (Phi) is 5.63. The average molecular weight is 384 g/mol. The van der Waals surface area contributed by atoms with E-state index in [4.69, 9.17) is 0 Å². The topological polar surface area (TPSA) is 75.3 Å². The van der Waals surface area contributed by atoms with Crippen LogP contribution in [-0.2, 0) is 16.6 Å². The molecule has 0 saturated carbocycles. The van der Waals surface area contributed by atoms with Crippen LogP contribution < -0.4 is 10.0 Å². The Labute approximate surface area is 156 Å². The van der Waals surface area contributed by atoms with Gasteiger partial charge in [-0.3, -0.25) is 4.79 Å². The number of halogens is 1. The minimum Gasteiger partial charge on any atom is -0.322 e. The Bertz CT molecular complexity index is 1040. The van der Waals surface area contributed by atoms with Crippen LogP contribution in [0.3, 0.4) is 0 Å². The molecule has 0 aliphatic heterocycles. The molecule has 0 saturated heterocycles. The van der Waals surface area contributed by atoms with Gasteiger partial charge < -0.3 is 5.32 Å². The van der Waals surface area contributed by atoms with Crippen LogP contribution in [0.15, 0.2) is 83.8 Å². The first-order valence-electron chi connectivity index (χ1n) is 8.15. The summed E-state index contributed by atoms with van der Waals surface area (Å²) in [7, 11) is -3.70. The van der Waals surface area contributed by atoms with Crippen molar-refractivity contribution in [3.8, 4) is 0 Å². The molecule has 138 valence electrons. The van der Waals surface area contributed by atoms with E-state index in [1.165, 1.54) is 42.5 Å². The van der Waals surface area contributed by atoms with E-state index in [9.17, 15) is 17.6 Å². The second-order valence-corrected chi connectivity index (χ2v) is 7.57. The van der Waals surface area contributed by atoms with Crippen molar-refractivity contribution in [2.24, 2.45) is 0 Å². The van der Waals surface area contributed by atoms with Gasteiger partial charge in [-0.1, -0.05) is 36.4 Å². The lowest BCUT2D eigenvalue weighted by Crippen LogP contribution is -2.23. The summed E-state index contributed by atoms with van der Waals surface area (Å²) in [6.45, 7) is 0.172. The molecule has 0 fully saturated rings. The van der Waals surface area contributed by atoms with Crippen molar-refractivity contribution in [3.63, 3.8) is 0 Å². The lowest BCUT2D eigenvalue weighted by molar-refractivity contribution is 0.102. The van der Waals surface area contributed by atoms with E-state index in [1.54, 1.807) is 6.07 Å². The molecule has 27 heavy (non-hydrogen) atoms. The predicted molar refractivity (Wildman–Crippen MR) is 101 cm³/mol. The number of sulfonamides is 1. The normalized spacial score (nSPS) is 11.1. The maximum Gasteiger partial charge on any atom is 0.255 e. The Morgan fingerprint density at radius 1 is 0.889 bits per heavy atom. The monoisotopic (exact) mass is 384 g/mol. The molecule has 0 aromatic heterocycles. The summed E-state index contributed by atoms with van der Waals surface area (Å²) in [4.78, 5) is 12.3. The van der Waals surface area contributed by atoms with Crippen molar-refractivity contribution in [1.82, 2.24) is 4.72 Å². The number of nitrogens with one attached hydrogen (secondary N) is 2. The molecule has 0 radical (unpaired) electrons. The maximum absolute atomic E-state index is 13.2. The molecule has 3 aromatic carbocycles. The first-order chi connectivity index (χ1) is 12.9. The molecule has 3 aromatic rings.